The fourth-order valence-electron chi connectivity index (χ4n) is 3.57. The van der Waals surface area contributed by atoms with Crippen LogP contribution in [0.15, 0.2) is 15.9 Å². The molecule has 1 saturated carbocycles. The van der Waals surface area contributed by atoms with Crippen LogP contribution in [0.2, 0.25) is 0 Å². The summed E-state index contributed by atoms with van der Waals surface area (Å²) in [6, 6.07) is 0. The van der Waals surface area contributed by atoms with Gasteiger partial charge in [-0.15, -0.1) is 0 Å². The molecule has 2 aromatic rings. The summed E-state index contributed by atoms with van der Waals surface area (Å²) in [6.45, 7) is 1.10. The molecule has 1 aliphatic rings. The van der Waals surface area contributed by atoms with Gasteiger partial charge >= 0.3 is 11.9 Å². The van der Waals surface area contributed by atoms with Crippen LogP contribution in [-0.4, -0.2) is 24.9 Å². The van der Waals surface area contributed by atoms with Gasteiger partial charge in [0.05, 0.1) is 6.33 Å². The van der Waals surface area contributed by atoms with Gasteiger partial charge < -0.3 is 4.57 Å². The van der Waals surface area contributed by atoms with E-state index in [2.05, 4.69) is 11.9 Å². The molecule has 25 heavy (non-hydrogen) atoms. The summed E-state index contributed by atoms with van der Waals surface area (Å²) < 4.78 is 41.2. The zero-order valence-electron chi connectivity index (χ0n) is 14.2. The van der Waals surface area contributed by atoms with Crippen molar-refractivity contribution >= 4 is 11.2 Å². The summed E-state index contributed by atoms with van der Waals surface area (Å²) in [5.41, 5.74) is -1.43. The van der Waals surface area contributed by atoms with Crippen molar-refractivity contribution in [3.8, 4) is 0 Å². The lowest BCUT2D eigenvalue weighted by Crippen LogP contribution is -2.41. The number of hydrogen-bond acceptors (Lipinski definition) is 3. The van der Waals surface area contributed by atoms with Crippen LogP contribution in [0.4, 0.5) is 13.2 Å². The van der Waals surface area contributed by atoms with Gasteiger partial charge in [0.2, 0.25) is 0 Å². The van der Waals surface area contributed by atoms with Gasteiger partial charge in [0.25, 0.3) is 5.56 Å². The lowest BCUT2D eigenvalue weighted by Gasteiger charge is -2.26. The lowest BCUT2D eigenvalue weighted by molar-refractivity contribution is -0.140. The number of hydrogen-bond donors (Lipinski definition) is 0. The second-order valence-corrected chi connectivity index (χ2v) is 7.04. The average Bonchev–Trinajstić information content (AvgIpc) is 2.93. The third-order valence-electron chi connectivity index (χ3n) is 5.03. The summed E-state index contributed by atoms with van der Waals surface area (Å²) in [4.78, 5) is 29.1. The molecule has 0 unspecified atom stereocenters. The first kappa shape index (κ1) is 17.8. The zero-order chi connectivity index (χ0) is 18.4. The Morgan fingerprint density at radius 3 is 2.44 bits per heavy atom. The first-order valence-corrected chi connectivity index (χ1v) is 8.39. The van der Waals surface area contributed by atoms with Crippen LogP contribution in [0.1, 0.15) is 32.6 Å². The third kappa shape index (κ3) is 3.50. The van der Waals surface area contributed by atoms with Crippen molar-refractivity contribution in [3.63, 3.8) is 0 Å². The maximum Gasteiger partial charge on any atom is 0.406 e. The highest BCUT2D eigenvalue weighted by Crippen LogP contribution is 2.29. The molecule has 3 rings (SSSR count). The summed E-state index contributed by atoms with van der Waals surface area (Å²) in [5.74, 6) is 0.824. The van der Waals surface area contributed by atoms with Crippen LogP contribution in [0, 0.1) is 11.8 Å². The molecule has 1 aliphatic carbocycles. The largest absolute Gasteiger partial charge is 0.406 e. The molecule has 0 radical (unpaired) electrons. The van der Waals surface area contributed by atoms with E-state index >= 15 is 0 Å². The molecule has 0 N–H and O–H groups in total. The van der Waals surface area contributed by atoms with Gasteiger partial charge in [-0.05, 0) is 24.7 Å². The number of halogens is 3. The van der Waals surface area contributed by atoms with Crippen LogP contribution in [-0.2, 0) is 20.1 Å². The molecule has 0 saturated heterocycles. The van der Waals surface area contributed by atoms with Crippen molar-refractivity contribution in [2.45, 2.75) is 51.9 Å². The molecule has 138 valence electrons. The van der Waals surface area contributed by atoms with Crippen molar-refractivity contribution in [1.82, 2.24) is 18.7 Å². The SMILES string of the molecule is CC1CCC(Cn2c(=O)c3c(ncn3CC(F)(F)F)n(C)c2=O)CC1. The van der Waals surface area contributed by atoms with Gasteiger partial charge in [-0.2, -0.15) is 13.2 Å². The van der Waals surface area contributed by atoms with Gasteiger partial charge in [-0.3, -0.25) is 13.9 Å². The molecule has 0 aromatic carbocycles. The van der Waals surface area contributed by atoms with Crippen molar-refractivity contribution in [2.24, 2.45) is 18.9 Å². The van der Waals surface area contributed by atoms with Crippen LogP contribution in [0.5, 0.6) is 0 Å². The molecular formula is C16H21F3N4O2. The highest BCUT2D eigenvalue weighted by Gasteiger charge is 2.30. The molecule has 0 atom stereocenters. The first-order chi connectivity index (χ1) is 11.7. The topological polar surface area (TPSA) is 61.8 Å². The first-order valence-electron chi connectivity index (χ1n) is 8.39. The van der Waals surface area contributed by atoms with E-state index in [1.807, 2.05) is 0 Å². The minimum absolute atomic E-state index is 0.0206. The maximum absolute atomic E-state index is 12.7. The standard InChI is InChI=1S/C16H21F3N4O2/c1-10-3-5-11(6-4-10)7-23-14(24)12-13(21(2)15(23)25)20-9-22(12)8-16(17,18)19/h9-11H,3-8H2,1-2H3. The smallest absolute Gasteiger partial charge is 0.316 e. The lowest BCUT2D eigenvalue weighted by atomic mass is 9.83. The van der Waals surface area contributed by atoms with E-state index in [1.54, 1.807) is 0 Å². The number of aromatic nitrogens is 4. The van der Waals surface area contributed by atoms with E-state index in [0.29, 0.717) is 5.92 Å². The van der Waals surface area contributed by atoms with Gasteiger partial charge in [0.15, 0.2) is 11.2 Å². The molecular weight excluding hydrogens is 337 g/mol. The highest BCUT2D eigenvalue weighted by molar-refractivity contribution is 5.69. The fraction of sp³-hybridized carbons (Fsp3) is 0.688. The Balaban J connectivity index is 2.05. The van der Waals surface area contributed by atoms with E-state index in [0.717, 1.165) is 45.7 Å². The van der Waals surface area contributed by atoms with Crippen molar-refractivity contribution in [2.75, 3.05) is 0 Å². The molecule has 0 bridgehead atoms. The summed E-state index contributed by atoms with van der Waals surface area (Å²) in [7, 11) is 1.43. The Labute approximate surface area is 141 Å². The summed E-state index contributed by atoms with van der Waals surface area (Å²) in [6.07, 6.45) is 0.389. The monoisotopic (exact) mass is 358 g/mol. The van der Waals surface area contributed by atoms with Crippen LogP contribution in [0.25, 0.3) is 11.2 Å². The molecule has 9 heteroatoms. The Hall–Kier alpha value is -2.06. The average molecular weight is 358 g/mol. The van der Waals surface area contributed by atoms with Gasteiger partial charge in [0, 0.05) is 13.6 Å². The van der Waals surface area contributed by atoms with Crippen molar-refractivity contribution in [1.29, 1.82) is 0 Å². The second-order valence-electron chi connectivity index (χ2n) is 7.04. The normalized spacial score (nSPS) is 21.8. The third-order valence-corrected chi connectivity index (χ3v) is 5.03. The van der Waals surface area contributed by atoms with E-state index in [4.69, 9.17) is 0 Å². The molecule has 2 heterocycles. The number of aryl methyl sites for hydroxylation is 1. The highest BCUT2D eigenvalue weighted by atomic mass is 19.4. The molecule has 0 aliphatic heterocycles. The van der Waals surface area contributed by atoms with E-state index in [9.17, 15) is 22.8 Å². The van der Waals surface area contributed by atoms with Gasteiger partial charge in [0.1, 0.15) is 6.54 Å². The molecule has 0 spiro atoms. The minimum Gasteiger partial charge on any atom is -0.316 e. The predicted molar refractivity (Wildman–Crippen MR) is 86.4 cm³/mol. The number of rotatable bonds is 3. The Bertz CT molecular complexity index is 886. The Kier molecular flexibility index (Phi) is 4.51. The minimum atomic E-state index is -4.47. The predicted octanol–water partition coefficient (Wildman–Crippen LogP) is 2.29. The molecule has 0 amide bonds. The maximum atomic E-state index is 12.7. The number of imidazole rings is 1. The van der Waals surface area contributed by atoms with E-state index < -0.39 is 24.0 Å². The summed E-state index contributed by atoms with van der Waals surface area (Å²) in [5, 5.41) is 0. The van der Waals surface area contributed by atoms with Crippen molar-refractivity contribution < 1.29 is 13.2 Å². The Morgan fingerprint density at radius 1 is 1.20 bits per heavy atom. The van der Waals surface area contributed by atoms with Crippen LogP contribution in [0.3, 0.4) is 0 Å². The van der Waals surface area contributed by atoms with Gasteiger partial charge in [-0.25, -0.2) is 9.78 Å². The van der Waals surface area contributed by atoms with Crippen molar-refractivity contribution in [3.05, 3.63) is 27.2 Å². The molecule has 1 fully saturated rings. The number of nitrogens with zero attached hydrogens (tertiary/aromatic N) is 4. The summed E-state index contributed by atoms with van der Waals surface area (Å²) >= 11 is 0. The zero-order valence-corrected chi connectivity index (χ0v) is 14.2. The van der Waals surface area contributed by atoms with Crippen LogP contribution < -0.4 is 11.2 Å². The fourth-order valence-corrected chi connectivity index (χ4v) is 3.57. The Morgan fingerprint density at radius 2 is 1.84 bits per heavy atom. The molecule has 6 nitrogen and oxygen atoms in total. The quantitative estimate of drug-likeness (QED) is 0.846. The van der Waals surface area contributed by atoms with Crippen LogP contribution >= 0.6 is 0 Å². The van der Waals surface area contributed by atoms with E-state index in [-0.39, 0.29) is 23.6 Å². The second kappa shape index (κ2) is 6.34. The number of alkyl halides is 3. The van der Waals surface area contributed by atoms with E-state index in [1.165, 1.54) is 7.05 Å². The number of fused-ring (bicyclic) bond motifs is 1. The molecule has 2 aromatic heterocycles. The van der Waals surface area contributed by atoms with Gasteiger partial charge in [-0.1, -0.05) is 19.8 Å².